The molecule has 0 aromatic carbocycles. The van der Waals surface area contributed by atoms with Crippen molar-refractivity contribution in [2.45, 2.75) is 13.8 Å². The molecule has 4 heterocycles. The molecule has 166 valence electrons. The molecule has 0 aliphatic carbocycles. The molecule has 32 heavy (non-hydrogen) atoms. The van der Waals surface area contributed by atoms with E-state index in [0.717, 1.165) is 34.9 Å². The van der Waals surface area contributed by atoms with Crippen LogP contribution >= 0.6 is 0 Å². The van der Waals surface area contributed by atoms with Gasteiger partial charge < -0.3 is 20.5 Å². The predicted molar refractivity (Wildman–Crippen MR) is 123 cm³/mol. The molecule has 4 rings (SSSR count). The lowest BCUT2D eigenvalue weighted by Gasteiger charge is -2.08. The van der Waals surface area contributed by atoms with Gasteiger partial charge in [-0.15, -0.1) is 0 Å². The third-order valence-electron chi connectivity index (χ3n) is 4.48. The lowest BCUT2D eigenvalue weighted by atomic mass is 10.1. The van der Waals surface area contributed by atoms with Gasteiger partial charge in [0.05, 0.1) is 31.2 Å². The number of nitrogens with zero attached hydrogens (tertiary/aromatic N) is 4. The third-order valence-corrected chi connectivity index (χ3v) is 4.48. The molecule has 0 aliphatic rings. The second-order valence-corrected chi connectivity index (χ2v) is 6.73. The number of methoxy groups -OCH3 is 2. The van der Waals surface area contributed by atoms with Crippen molar-refractivity contribution in [3.8, 4) is 17.0 Å². The van der Waals surface area contributed by atoms with Crippen LogP contribution in [0.2, 0.25) is 0 Å². The number of esters is 1. The summed E-state index contributed by atoms with van der Waals surface area (Å²) >= 11 is 0. The summed E-state index contributed by atoms with van der Waals surface area (Å²) in [6.07, 6.45) is 5.12. The standard InChI is InChI=1S/C21H19N5O3.C2H7N/c1-13-20(26-9-7-16(28-2)11-19(26)24-13)14-6-8-22-18(10-14)25-17-5-4-15(12-23-17)21(27)29-3;1-2-3/h4-12H,1-3H3,(H,22,23,25);2-3H2,1H3. The van der Waals surface area contributed by atoms with Crippen LogP contribution in [0.3, 0.4) is 0 Å². The normalized spacial score (nSPS) is 10.3. The van der Waals surface area contributed by atoms with Gasteiger partial charge in [-0.1, -0.05) is 6.92 Å². The molecule has 0 saturated heterocycles. The Balaban J connectivity index is 0.000000913. The molecule has 9 heteroatoms. The molecule has 3 N–H and O–H groups in total. The van der Waals surface area contributed by atoms with Crippen LogP contribution in [0.5, 0.6) is 5.75 Å². The van der Waals surface area contributed by atoms with Crippen LogP contribution < -0.4 is 15.8 Å². The fourth-order valence-electron chi connectivity index (χ4n) is 3.10. The van der Waals surface area contributed by atoms with E-state index in [9.17, 15) is 4.79 Å². The smallest absolute Gasteiger partial charge is 0.339 e. The number of anilines is 2. The van der Waals surface area contributed by atoms with Gasteiger partial charge in [0, 0.05) is 30.2 Å². The van der Waals surface area contributed by atoms with Crippen LogP contribution in [0.4, 0.5) is 11.6 Å². The number of hydrogen-bond acceptors (Lipinski definition) is 8. The molecule has 4 aromatic rings. The Hall–Kier alpha value is -3.98. The van der Waals surface area contributed by atoms with Gasteiger partial charge >= 0.3 is 5.97 Å². The Morgan fingerprint density at radius 2 is 1.91 bits per heavy atom. The highest BCUT2D eigenvalue weighted by molar-refractivity contribution is 5.89. The number of pyridine rings is 3. The fraction of sp³-hybridized carbons (Fsp3) is 0.217. The Morgan fingerprint density at radius 1 is 1.12 bits per heavy atom. The minimum absolute atomic E-state index is 0.386. The maximum Gasteiger partial charge on any atom is 0.339 e. The minimum Gasteiger partial charge on any atom is -0.497 e. The zero-order valence-electron chi connectivity index (χ0n) is 18.5. The number of rotatable bonds is 5. The lowest BCUT2D eigenvalue weighted by molar-refractivity contribution is 0.0600. The summed E-state index contributed by atoms with van der Waals surface area (Å²) in [5.74, 6) is 1.53. The van der Waals surface area contributed by atoms with Crippen LogP contribution in [0.15, 0.2) is 55.0 Å². The minimum atomic E-state index is -0.427. The van der Waals surface area contributed by atoms with E-state index in [0.29, 0.717) is 17.2 Å². The monoisotopic (exact) mass is 434 g/mol. The first-order chi connectivity index (χ1) is 15.5. The topological polar surface area (TPSA) is 117 Å². The van der Waals surface area contributed by atoms with Crippen LogP contribution in [0.1, 0.15) is 23.0 Å². The highest BCUT2D eigenvalue weighted by atomic mass is 16.5. The van der Waals surface area contributed by atoms with Gasteiger partial charge in [0.15, 0.2) is 0 Å². The maximum atomic E-state index is 11.5. The molecule has 0 spiro atoms. The molecule has 9 nitrogen and oxygen atoms in total. The number of carbonyl (C=O) groups is 1. The maximum absolute atomic E-state index is 11.5. The Morgan fingerprint density at radius 3 is 2.56 bits per heavy atom. The first kappa shape index (κ1) is 22.7. The van der Waals surface area contributed by atoms with Crippen molar-refractivity contribution in [2.24, 2.45) is 5.73 Å². The van der Waals surface area contributed by atoms with Crippen LogP contribution in [-0.2, 0) is 4.74 Å². The number of fused-ring (bicyclic) bond motifs is 1. The Labute approximate surface area is 186 Å². The van der Waals surface area contributed by atoms with Gasteiger partial charge in [0.25, 0.3) is 0 Å². The summed E-state index contributed by atoms with van der Waals surface area (Å²) < 4.78 is 12.0. The van der Waals surface area contributed by atoms with Gasteiger partial charge in [-0.2, -0.15) is 0 Å². The van der Waals surface area contributed by atoms with Crippen molar-refractivity contribution in [2.75, 3.05) is 26.1 Å². The number of nitrogens with two attached hydrogens (primary N) is 1. The quantitative estimate of drug-likeness (QED) is 0.458. The number of imidazole rings is 1. The molecule has 0 aliphatic heterocycles. The van der Waals surface area contributed by atoms with Crippen molar-refractivity contribution in [1.82, 2.24) is 19.4 Å². The summed E-state index contributed by atoms with van der Waals surface area (Å²) in [6.45, 7) is 4.62. The molecule has 0 fully saturated rings. The van der Waals surface area contributed by atoms with Crippen molar-refractivity contribution in [1.29, 1.82) is 0 Å². The van der Waals surface area contributed by atoms with E-state index in [2.05, 4.69) is 25.0 Å². The number of aromatic nitrogens is 4. The first-order valence-corrected chi connectivity index (χ1v) is 10.0. The van der Waals surface area contributed by atoms with E-state index in [1.54, 1.807) is 25.4 Å². The largest absolute Gasteiger partial charge is 0.497 e. The highest BCUT2D eigenvalue weighted by Crippen LogP contribution is 2.28. The van der Waals surface area contributed by atoms with E-state index >= 15 is 0 Å². The number of carbonyl (C=O) groups excluding carboxylic acids is 1. The summed E-state index contributed by atoms with van der Waals surface area (Å²) in [4.78, 5) is 24.8. The van der Waals surface area contributed by atoms with Crippen molar-refractivity contribution in [3.05, 3.63) is 66.2 Å². The predicted octanol–water partition coefficient (Wildman–Crippen LogP) is 3.60. The van der Waals surface area contributed by atoms with Gasteiger partial charge in [-0.3, -0.25) is 4.40 Å². The fourth-order valence-corrected chi connectivity index (χ4v) is 3.10. The van der Waals surface area contributed by atoms with Gasteiger partial charge in [-0.05, 0) is 43.8 Å². The van der Waals surface area contributed by atoms with Crippen molar-refractivity contribution >= 4 is 23.3 Å². The second-order valence-electron chi connectivity index (χ2n) is 6.73. The lowest BCUT2D eigenvalue weighted by Crippen LogP contribution is -2.03. The van der Waals surface area contributed by atoms with Crippen LogP contribution in [-0.4, -0.2) is 46.1 Å². The number of ether oxygens (including phenoxy) is 2. The van der Waals surface area contributed by atoms with Crippen LogP contribution in [0.25, 0.3) is 16.9 Å². The van der Waals surface area contributed by atoms with Gasteiger partial charge in [0.2, 0.25) is 0 Å². The van der Waals surface area contributed by atoms with E-state index in [-0.39, 0.29) is 0 Å². The SMILES string of the molecule is CCN.COC(=O)c1ccc(Nc2cc(-c3c(C)nc4cc(OC)ccn34)ccn2)nc1. The average Bonchev–Trinajstić information content (AvgIpc) is 3.14. The highest BCUT2D eigenvalue weighted by Gasteiger charge is 2.13. The Kier molecular flexibility index (Phi) is 7.35. The first-order valence-electron chi connectivity index (χ1n) is 10.0. The second kappa shape index (κ2) is 10.4. The molecular weight excluding hydrogens is 408 g/mol. The molecule has 4 aromatic heterocycles. The molecule has 0 atom stereocenters. The van der Waals surface area contributed by atoms with E-state index < -0.39 is 5.97 Å². The molecule has 0 saturated carbocycles. The molecule has 0 bridgehead atoms. The number of hydrogen-bond donors (Lipinski definition) is 2. The van der Waals surface area contributed by atoms with E-state index in [1.165, 1.54) is 13.3 Å². The van der Waals surface area contributed by atoms with Gasteiger partial charge in [0.1, 0.15) is 23.0 Å². The van der Waals surface area contributed by atoms with E-state index in [4.69, 9.17) is 10.5 Å². The molecule has 0 unspecified atom stereocenters. The average molecular weight is 435 g/mol. The summed E-state index contributed by atoms with van der Waals surface area (Å²) in [7, 11) is 2.97. The summed E-state index contributed by atoms with van der Waals surface area (Å²) in [5, 5.41) is 3.15. The van der Waals surface area contributed by atoms with Crippen molar-refractivity contribution < 1.29 is 14.3 Å². The zero-order valence-corrected chi connectivity index (χ0v) is 18.5. The molecular formula is C23H26N6O3. The third kappa shape index (κ3) is 5.01. The van der Waals surface area contributed by atoms with Crippen LogP contribution in [0, 0.1) is 6.92 Å². The summed E-state index contributed by atoms with van der Waals surface area (Å²) in [6, 6.07) is 11.0. The molecule has 0 radical (unpaired) electrons. The van der Waals surface area contributed by atoms with Crippen molar-refractivity contribution in [3.63, 3.8) is 0 Å². The number of nitrogens with one attached hydrogen (secondary N) is 1. The Bertz CT molecular complexity index is 1200. The summed E-state index contributed by atoms with van der Waals surface area (Å²) in [5.41, 5.74) is 8.88. The zero-order chi connectivity index (χ0) is 23.1. The van der Waals surface area contributed by atoms with E-state index in [1.807, 2.05) is 48.7 Å². The molecule has 0 amide bonds. The van der Waals surface area contributed by atoms with Gasteiger partial charge in [-0.25, -0.2) is 19.7 Å². The number of aryl methyl sites for hydroxylation is 1.